The van der Waals surface area contributed by atoms with E-state index in [4.69, 9.17) is 33.0 Å². The number of carboxylic acid groups (broad SMARTS) is 1. The summed E-state index contributed by atoms with van der Waals surface area (Å²) >= 11 is 12.9. The number of ether oxygens (including phenoxy) is 1. The van der Waals surface area contributed by atoms with E-state index >= 15 is 0 Å². The molecule has 1 saturated heterocycles. The average Bonchev–Trinajstić information content (AvgIpc) is 2.90. The largest absolute Gasteiger partial charge is 0.479 e. The Labute approximate surface area is 178 Å². The Morgan fingerprint density at radius 2 is 1.86 bits per heavy atom. The second kappa shape index (κ2) is 8.86. The van der Waals surface area contributed by atoms with Crippen LogP contribution in [0.3, 0.4) is 0 Å². The van der Waals surface area contributed by atoms with E-state index in [1.807, 2.05) is 0 Å². The molecule has 1 aliphatic heterocycles. The third-order valence-electron chi connectivity index (χ3n) is 3.82. The van der Waals surface area contributed by atoms with Crippen molar-refractivity contribution in [2.24, 2.45) is 0 Å². The second-order valence-electron chi connectivity index (χ2n) is 5.86. The summed E-state index contributed by atoms with van der Waals surface area (Å²) in [5.41, 5.74) is 0.640. The number of hydrogen-bond acceptors (Lipinski definition) is 5. The number of imide groups is 1. The number of aliphatic carboxylic acids is 1. The van der Waals surface area contributed by atoms with Crippen LogP contribution < -0.4 is 4.74 Å². The summed E-state index contributed by atoms with van der Waals surface area (Å²) in [7, 11) is 0. The molecule has 2 amide bonds. The first-order valence-corrected chi connectivity index (χ1v) is 9.66. The van der Waals surface area contributed by atoms with Crippen molar-refractivity contribution in [1.82, 2.24) is 4.90 Å². The quantitative estimate of drug-likeness (QED) is 0.627. The van der Waals surface area contributed by atoms with E-state index in [0.717, 1.165) is 4.90 Å². The van der Waals surface area contributed by atoms with Crippen LogP contribution in [0.5, 0.6) is 5.75 Å². The lowest BCUT2D eigenvalue weighted by Crippen LogP contribution is -2.27. The first-order chi connectivity index (χ1) is 13.8. The SMILES string of the molecule is O=C(O)COc1c(Cl)cc(/C=C2\SC(=O)N(Cc3ccccc3F)C2=O)cc1Cl. The average molecular weight is 456 g/mol. The molecule has 3 rings (SSSR count). The van der Waals surface area contributed by atoms with Gasteiger partial charge in [0.1, 0.15) is 5.82 Å². The topological polar surface area (TPSA) is 83.9 Å². The predicted octanol–water partition coefficient (Wildman–Crippen LogP) is 4.83. The Balaban J connectivity index is 1.82. The fourth-order valence-electron chi connectivity index (χ4n) is 2.52. The summed E-state index contributed by atoms with van der Waals surface area (Å²) in [6.45, 7) is -0.800. The molecule has 0 bridgehead atoms. The Kier molecular flexibility index (Phi) is 6.46. The summed E-state index contributed by atoms with van der Waals surface area (Å²) in [5.74, 6) is -2.27. The van der Waals surface area contributed by atoms with Crippen molar-refractivity contribution < 1.29 is 28.6 Å². The van der Waals surface area contributed by atoms with Gasteiger partial charge in [0.2, 0.25) is 0 Å². The smallest absolute Gasteiger partial charge is 0.341 e. The van der Waals surface area contributed by atoms with Crippen LogP contribution in [0.2, 0.25) is 10.0 Å². The summed E-state index contributed by atoms with van der Waals surface area (Å²) in [4.78, 5) is 36.5. The Morgan fingerprint density at radius 3 is 2.48 bits per heavy atom. The first kappa shape index (κ1) is 21.2. The minimum atomic E-state index is -1.19. The monoisotopic (exact) mass is 455 g/mol. The van der Waals surface area contributed by atoms with Crippen LogP contribution in [-0.2, 0) is 16.1 Å². The third kappa shape index (κ3) is 4.90. The standard InChI is InChI=1S/C19H12Cl2FNO5S/c20-12-5-10(6-13(21)17(12)28-9-16(24)25)7-15-18(26)23(19(27)29-15)8-11-3-1-2-4-14(11)22/h1-7H,8-9H2,(H,24,25)/b15-7-. The highest BCUT2D eigenvalue weighted by molar-refractivity contribution is 8.18. The molecule has 0 unspecified atom stereocenters. The maximum Gasteiger partial charge on any atom is 0.341 e. The molecule has 0 atom stereocenters. The molecule has 6 nitrogen and oxygen atoms in total. The number of carbonyl (C=O) groups excluding carboxylic acids is 2. The highest BCUT2D eigenvalue weighted by Gasteiger charge is 2.35. The number of halogens is 3. The van der Waals surface area contributed by atoms with Gasteiger partial charge in [-0.1, -0.05) is 41.4 Å². The molecular formula is C19H12Cl2FNO5S. The number of carbonyl (C=O) groups is 3. The van der Waals surface area contributed by atoms with E-state index < -0.39 is 29.5 Å². The third-order valence-corrected chi connectivity index (χ3v) is 5.29. The van der Waals surface area contributed by atoms with Crippen LogP contribution in [0.15, 0.2) is 41.3 Å². The molecule has 0 saturated carbocycles. The van der Waals surface area contributed by atoms with Gasteiger partial charge in [-0.3, -0.25) is 14.5 Å². The number of hydrogen-bond donors (Lipinski definition) is 1. The fourth-order valence-corrected chi connectivity index (χ4v) is 3.97. The van der Waals surface area contributed by atoms with E-state index in [1.54, 1.807) is 6.07 Å². The van der Waals surface area contributed by atoms with E-state index in [2.05, 4.69) is 0 Å². The number of rotatable bonds is 6. The van der Waals surface area contributed by atoms with Gasteiger partial charge in [-0.2, -0.15) is 0 Å². The molecule has 1 fully saturated rings. The fraction of sp³-hybridized carbons (Fsp3) is 0.105. The highest BCUT2D eigenvalue weighted by atomic mass is 35.5. The van der Waals surface area contributed by atoms with Crippen LogP contribution in [0.4, 0.5) is 9.18 Å². The Bertz CT molecular complexity index is 1020. The zero-order chi connectivity index (χ0) is 21.1. The molecule has 2 aromatic rings. The lowest BCUT2D eigenvalue weighted by Gasteiger charge is -2.13. The van der Waals surface area contributed by atoms with Gasteiger partial charge < -0.3 is 9.84 Å². The van der Waals surface area contributed by atoms with Gasteiger partial charge in [-0.15, -0.1) is 0 Å². The number of carboxylic acids is 1. The van der Waals surface area contributed by atoms with Crippen molar-refractivity contribution in [2.75, 3.05) is 6.61 Å². The van der Waals surface area contributed by atoms with Crippen molar-refractivity contribution in [3.8, 4) is 5.75 Å². The summed E-state index contributed by atoms with van der Waals surface area (Å²) < 4.78 is 18.9. The normalized spacial score (nSPS) is 15.3. The van der Waals surface area contributed by atoms with Gasteiger partial charge in [0.15, 0.2) is 12.4 Å². The van der Waals surface area contributed by atoms with Crippen molar-refractivity contribution >= 4 is 58.2 Å². The maximum absolute atomic E-state index is 13.8. The zero-order valence-electron chi connectivity index (χ0n) is 14.5. The molecule has 1 aliphatic rings. The van der Waals surface area contributed by atoms with Gasteiger partial charge in [-0.25, -0.2) is 9.18 Å². The van der Waals surface area contributed by atoms with Crippen LogP contribution in [0.1, 0.15) is 11.1 Å². The van der Waals surface area contributed by atoms with E-state index in [-0.39, 0.29) is 32.8 Å². The number of thioether (sulfide) groups is 1. The van der Waals surface area contributed by atoms with Crippen molar-refractivity contribution in [3.05, 3.63) is 68.3 Å². The van der Waals surface area contributed by atoms with E-state index in [1.165, 1.54) is 36.4 Å². The molecule has 0 radical (unpaired) electrons. The molecule has 29 heavy (non-hydrogen) atoms. The lowest BCUT2D eigenvalue weighted by molar-refractivity contribution is -0.139. The number of amides is 2. The van der Waals surface area contributed by atoms with Crippen LogP contribution >= 0.6 is 35.0 Å². The van der Waals surface area contributed by atoms with Crippen LogP contribution in [0, 0.1) is 5.82 Å². The van der Waals surface area contributed by atoms with Gasteiger partial charge in [0.05, 0.1) is 21.5 Å². The zero-order valence-corrected chi connectivity index (χ0v) is 16.9. The Hall–Kier alpha value is -2.55. The second-order valence-corrected chi connectivity index (χ2v) is 7.66. The summed E-state index contributed by atoms with van der Waals surface area (Å²) in [5, 5.41) is 8.26. The van der Waals surface area contributed by atoms with Crippen molar-refractivity contribution in [1.29, 1.82) is 0 Å². The number of nitrogens with zero attached hydrogens (tertiary/aromatic N) is 1. The van der Waals surface area contributed by atoms with Gasteiger partial charge in [-0.05, 0) is 41.6 Å². The highest BCUT2D eigenvalue weighted by Crippen LogP contribution is 2.37. The van der Waals surface area contributed by atoms with E-state index in [0.29, 0.717) is 17.3 Å². The minimum absolute atomic E-state index is 0.000501. The molecule has 150 valence electrons. The van der Waals surface area contributed by atoms with Gasteiger partial charge in [0.25, 0.3) is 11.1 Å². The molecule has 0 aromatic heterocycles. The lowest BCUT2D eigenvalue weighted by atomic mass is 10.2. The first-order valence-electron chi connectivity index (χ1n) is 8.08. The van der Waals surface area contributed by atoms with Crippen molar-refractivity contribution in [3.63, 3.8) is 0 Å². The minimum Gasteiger partial charge on any atom is -0.479 e. The number of benzene rings is 2. The molecule has 2 aromatic carbocycles. The Morgan fingerprint density at radius 1 is 1.21 bits per heavy atom. The molecule has 10 heteroatoms. The van der Waals surface area contributed by atoms with Crippen molar-refractivity contribution in [2.45, 2.75) is 6.54 Å². The molecular weight excluding hydrogens is 444 g/mol. The molecule has 1 N–H and O–H groups in total. The van der Waals surface area contributed by atoms with Gasteiger partial charge >= 0.3 is 5.97 Å². The van der Waals surface area contributed by atoms with Gasteiger partial charge in [0, 0.05) is 5.56 Å². The molecule has 0 aliphatic carbocycles. The van der Waals surface area contributed by atoms with E-state index in [9.17, 15) is 18.8 Å². The molecule has 0 spiro atoms. The maximum atomic E-state index is 13.8. The van der Waals surface area contributed by atoms with Crippen LogP contribution in [0.25, 0.3) is 6.08 Å². The van der Waals surface area contributed by atoms with Crippen LogP contribution in [-0.4, -0.2) is 33.7 Å². The summed E-state index contributed by atoms with van der Waals surface area (Å²) in [6.07, 6.45) is 1.42. The summed E-state index contributed by atoms with van der Waals surface area (Å²) in [6, 6.07) is 8.74. The predicted molar refractivity (Wildman–Crippen MR) is 108 cm³/mol. The molecule has 1 heterocycles.